The van der Waals surface area contributed by atoms with Crippen LogP contribution in [0.5, 0.6) is 5.75 Å². The number of nitrogens with one attached hydrogen (secondary N) is 1. The molecule has 0 aromatic heterocycles. The Kier molecular flexibility index (Phi) is 5.62. The highest BCUT2D eigenvalue weighted by Gasteiger charge is 2.59. The Labute approximate surface area is 199 Å². The highest BCUT2D eigenvalue weighted by molar-refractivity contribution is 9.10. The number of hydrogen-bond acceptors (Lipinski definition) is 5. The molecule has 1 N–H and O–H groups in total. The van der Waals surface area contributed by atoms with Crippen LogP contribution in [0.15, 0.2) is 64.2 Å². The second-order valence-corrected chi connectivity index (χ2v) is 9.48. The standard InChI is InChI=1S/C25H22BrN3O4/c1-14-2-7-18(8-3-14)28-21(30)13-33-20-9-4-15(10-19(20)26)12-27-29-24(31)22-16-5-6-17(11-16)23(22)25(29)32/h2-10,12,16-17,22-23H,11,13H2,1H3,(H,28,30)/t16-,17-,22-,23+/m0/s1. The Balaban J connectivity index is 1.19. The minimum absolute atomic E-state index is 0.143. The maximum atomic E-state index is 12.7. The average Bonchev–Trinajstić information content (AvgIpc) is 3.47. The molecule has 1 saturated heterocycles. The first kappa shape index (κ1) is 21.6. The number of hydrogen-bond donors (Lipinski definition) is 1. The van der Waals surface area contributed by atoms with Crippen molar-refractivity contribution < 1.29 is 19.1 Å². The highest BCUT2D eigenvalue weighted by Crippen LogP contribution is 2.52. The minimum Gasteiger partial charge on any atom is -0.483 e. The van der Waals surface area contributed by atoms with Crippen LogP contribution in [0.3, 0.4) is 0 Å². The highest BCUT2D eigenvalue weighted by atomic mass is 79.9. The van der Waals surface area contributed by atoms with Gasteiger partial charge in [0.05, 0.1) is 22.5 Å². The number of nitrogens with zero attached hydrogens (tertiary/aromatic N) is 2. The number of fused-ring (bicyclic) bond motifs is 5. The van der Waals surface area contributed by atoms with Crippen molar-refractivity contribution in [1.29, 1.82) is 0 Å². The number of ether oxygens (including phenoxy) is 1. The van der Waals surface area contributed by atoms with Gasteiger partial charge in [0.15, 0.2) is 6.61 Å². The van der Waals surface area contributed by atoms with Crippen LogP contribution in [-0.4, -0.2) is 35.6 Å². The van der Waals surface area contributed by atoms with E-state index in [1.807, 2.05) is 31.2 Å². The van der Waals surface area contributed by atoms with Crippen molar-refractivity contribution in [2.24, 2.45) is 28.8 Å². The van der Waals surface area contributed by atoms with Gasteiger partial charge in [-0.2, -0.15) is 10.1 Å². The molecule has 3 aliphatic rings. The van der Waals surface area contributed by atoms with Crippen LogP contribution >= 0.6 is 15.9 Å². The van der Waals surface area contributed by atoms with Crippen LogP contribution in [0.1, 0.15) is 17.5 Å². The summed E-state index contributed by atoms with van der Waals surface area (Å²) in [6.07, 6.45) is 6.49. The molecule has 2 aromatic rings. The summed E-state index contributed by atoms with van der Waals surface area (Å²) >= 11 is 3.44. The monoisotopic (exact) mass is 507 g/mol. The summed E-state index contributed by atoms with van der Waals surface area (Å²) < 4.78 is 6.25. The summed E-state index contributed by atoms with van der Waals surface area (Å²) in [6, 6.07) is 12.7. The van der Waals surface area contributed by atoms with Crippen molar-refractivity contribution in [2.45, 2.75) is 13.3 Å². The Morgan fingerprint density at radius 3 is 2.42 bits per heavy atom. The first-order valence-corrected chi connectivity index (χ1v) is 11.6. The lowest BCUT2D eigenvalue weighted by Crippen LogP contribution is -2.28. The smallest absolute Gasteiger partial charge is 0.262 e. The van der Waals surface area contributed by atoms with Crippen molar-refractivity contribution in [2.75, 3.05) is 11.9 Å². The topological polar surface area (TPSA) is 88.1 Å². The van der Waals surface area contributed by atoms with Gasteiger partial charge in [0.2, 0.25) is 0 Å². The number of carbonyl (C=O) groups excluding carboxylic acids is 3. The third kappa shape index (κ3) is 4.11. The number of imide groups is 1. The number of carbonyl (C=O) groups is 3. The van der Waals surface area contributed by atoms with Gasteiger partial charge < -0.3 is 10.1 Å². The van der Waals surface area contributed by atoms with Crippen LogP contribution < -0.4 is 10.1 Å². The number of rotatable bonds is 6. The van der Waals surface area contributed by atoms with E-state index >= 15 is 0 Å². The van der Waals surface area contributed by atoms with Gasteiger partial charge in [-0.25, -0.2) is 0 Å². The van der Waals surface area contributed by atoms with E-state index in [0.717, 1.165) is 17.0 Å². The third-order valence-electron chi connectivity index (χ3n) is 6.42. The molecule has 2 fully saturated rings. The number of benzene rings is 2. The molecular weight excluding hydrogens is 486 g/mol. The summed E-state index contributed by atoms with van der Waals surface area (Å²) in [6.45, 7) is 1.84. The summed E-state index contributed by atoms with van der Waals surface area (Å²) in [4.78, 5) is 37.6. The van der Waals surface area contributed by atoms with Crippen molar-refractivity contribution in [3.63, 3.8) is 0 Å². The quantitative estimate of drug-likeness (QED) is 0.364. The molecule has 168 valence electrons. The van der Waals surface area contributed by atoms with Gasteiger partial charge >= 0.3 is 0 Å². The van der Waals surface area contributed by atoms with Gasteiger partial charge in [-0.1, -0.05) is 29.8 Å². The Morgan fingerprint density at radius 2 is 1.79 bits per heavy atom. The normalized spacial score (nSPS) is 25.2. The lowest BCUT2D eigenvalue weighted by atomic mass is 9.85. The first-order valence-electron chi connectivity index (χ1n) is 10.8. The third-order valence-corrected chi connectivity index (χ3v) is 7.04. The molecule has 7 nitrogen and oxygen atoms in total. The van der Waals surface area contributed by atoms with Crippen molar-refractivity contribution in [3.05, 3.63) is 70.2 Å². The van der Waals surface area contributed by atoms with Crippen LogP contribution in [0.2, 0.25) is 0 Å². The van der Waals surface area contributed by atoms with Gasteiger partial charge in [0.25, 0.3) is 17.7 Å². The van der Waals surface area contributed by atoms with Crippen molar-refractivity contribution in [3.8, 4) is 5.75 Å². The zero-order chi connectivity index (χ0) is 23.1. The number of allylic oxidation sites excluding steroid dienone is 2. The Morgan fingerprint density at radius 1 is 1.12 bits per heavy atom. The van der Waals surface area contributed by atoms with Crippen LogP contribution in [0.4, 0.5) is 5.69 Å². The summed E-state index contributed by atoms with van der Waals surface area (Å²) in [5.74, 6) is -0.408. The summed E-state index contributed by atoms with van der Waals surface area (Å²) in [7, 11) is 0. The van der Waals surface area contributed by atoms with E-state index in [-0.39, 0.29) is 48.0 Å². The lowest BCUT2D eigenvalue weighted by molar-refractivity contribution is -0.140. The Bertz CT molecular complexity index is 1160. The fourth-order valence-electron chi connectivity index (χ4n) is 4.82. The van der Waals surface area contributed by atoms with Gasteiger partial charge in [-0.15, -0.1) is 0 Å². The maximum Gasteiger partial charge on any atom is 0.262 e. The van der Waals surface area contributed by atoms with Crippen LogP contribution in [0.25, 0.3) is 0 Å². The van der Waals surface area contributed by atoms with Gasteiger partial charge in [0.1, 0.15) is 5.75 Å². The number of amides is 3. The van der Waals surface area contributed by atoms with E-state index in [2.05, 4.69) is 38.5 Å². The predicted octanol–water partition coefficient (Wildman–Crippen LogP) is 3.92. The van der Waals surface area contributed by atoms with Gasteiger partial charge in [-0.05, 0) is 77.0 Å². The zero-order valence-electron chi connectivity index (χ0n) is 17.9. The molecule has 1 aliphatic heterocycles. The number of halogens is 1. The van der Waals surface area contributed by atoms with E-state index in [1.54, 1.807) is 18.2 Å². The van der Waals surface area contributed by atoms with Gasteiger partial charge in [-0.3, -0.25) is 14.4 Å². The molecule has 5 rings (SSSR count). The van der Waals surface area contributed by atoms with E-state index in [9.17, 15) is 14.4 Å². The molecule has 2 aliphatic carbocycles. The number of anilines is 1. The molecule has 3 amide bonds. The zero-order valence-corrected chi connectivity index (χ0v) is 19.5. The van der Waals surface area contributed by atoms with E-state index in [1.165, 1.54) is 6.21 Å². The second kappa shape index (κ2) is 8.59. The molecule has 0 spiro atoms. The van der Waals surface area contributed by atoms with Crippen LogP contribution in [-0.2, 0) is 14.4 Å². The van der Waals surface area contributed by atoms with Crippen molar-refractivity contribution in [1.82, 2.24) is 5.01 Å². The summed E-state index contributed by atoms with van der Waals surface area (Å²) in [5.41, 5.74) is 2.51. The lowest BCUT2D eigenvalue weighted by Gasteiger charge is -2.13. The largest absolute Gasteiger partial charge is 0.483 e. The average molecular weight is 508 g/mol. The van der Waals surface area contributed by atoms with Gasteiger partial charge in [0, 0.05) is 5.69 Å². The molecular formula is C25H22BrN3O4. The molecule has 1 saturated carbocycles. The molecule has 1 heterocycles. The molecule has 2 aromatic carbocycles. The Hall–Kier alpha value is -3.26. The van der Waals surface area contributed by atoms with E-state index in [4.69, 9.17) is 4.74 Å². The minimum atomic E-state index is -0.267. The number of aryl methyl sites for hydroxylation is 1. The van der Waals surface area contributed by atoms with Crippen molar-refractivity contribution >= 4 is 45.6 Å². The fourth-order valence-corrected chi connectivity index (χ4v) is 5.33. The maximum absolute atomic E-state index is 12.7. The SMILES string of the molecule is Cc1ccc(NC(=O)COc2ccc(C=NN3C(=O)[C@@H]4[C@H](C3=O)[C@H]3C=C[C@H]4C3)cc2Br)cc1. The molecule has 0 radical (unpaired) electrons. The van der Waals surface area contributed by atoms with E-state index < -0.39 is 0 Å². The molecule has 0 unspecified atom stereocenters. The molecule has 33 heavy (non-hydrogen) atoms. The second-order valence-electron chi connectivity index (χ2n) is 8.63. The number of hydrazone groups is 1. The van der Waals surface area contributed by atoms with E-state index in [0.29, 0.717) is 21.5 Å². The first-order chi connectivity index (χ1) is 15.9. The van der Waals surface area contributed by atoms with Crippen LogP contribution in [0, 0.1) is 30.6 Å². The summed E-state index contributed by atoms with van der Waals surface area (Å²) in [5, 5.41) is 7.99. The molecule has 2 bridgehead atoms. The fraction of sp³-hybridized carbons (Fsp3) is 0.280. The molecule has 8 heteroatoms. The predicted molar refractivity (Wildman–Crippen MR) is 127 cm³/mol. The molecule has 4 atom stereocenters.